The predicted octanol–water partition coefficient (Wildman–Crippen LogP) is 4.06. The molecule has 1 aliphatic heterocycles. The van der Waals surface area contributed by atoms with Gasteiger partial charge in [-0.25, -0.2) is 8.78 Å². The molecule has 1 amide bonds. The fourth-order valence-corrected chi connectivity index (χ4v) is 2.79. The zero-order valence-corrected chi connectivity index (χ0v) is 12.7. The molecule has 0 bridgehead atoms. The number of rotatable bonds is 4. The van der Waals surface area contributed by atoms with Crippen molar-refractivity contribution in [2.45, 2.75) is 51.1 Å². The predicted molar refractivity (Wildman–Crippen MR) is 79.4 cm³/mol. The van der Waals surface area contributed by atoms with Crippen LogP contribution in [0.25, 0.3) is 0 Å². The molecule has 0 spiro atoms. The maximum Gasteiger partial charge on any atom is 0.222 e. The highest BCUT2D eigenvalue weighted by molar-refractivity contribution is 5.76. The van der Waals surface area contributed by atoms with Gasteiger partial charge < -0.3 is 4.90 Å². The number of amides is 1. The van der Waals surface area contributed by atoms with Crippen LogP contribution in [0.1, 0.15) is 51.0 Å². The molecule has 2 rings (SSSR count). The Hall–Kier alpha value is -1.45. The number of piperidine rings is 1. The largest absolute Gasteiger partial charge is 0.343 e. The zero-order valence-electron chi connectivity index (χ0n) is 12.7. The highest BCUT2D eigenvalue weighted by Gasteiger charge is 2.25. The molecule has 4 heteroatoms. The first-order chi connectivity index (χ1) is 9.85. The number of benzene rings is 1. The molecule has 0 atom stereocenters. The summed E-state index contributed by atoms with van der Waals surface area (Å²) in [5.74, 6) is 0.122. The third-order valence-corrected chi connectivity index (χ3v) is 4.10. The number of likely N-dealkylation sites (tertiary alicyclic amines) is 1. The minimum Gasteiger partial charge on any atom is -0.343 e. The van der Waals surface area contributed by atoms with Gasteiger partial charge in [0.1, 0.15) is 11.5 Å². The molecule has 0 unspecified atom stereocenters. The van der Waals surface area contributed by atoms with E-state index in [2.05, 4.69) is 0 Å². The minimum atomic E-state index is -1.30. The van der Waals surface area contributed by atoms with E-state index in [4.69, 9.17) is 0 Å². The first-order valence-corrected chi connectivity index (χ1v) is 7.57. The van der Waals surface area contributed by atoms with Crippen molar-refractivity contribution in [2.24, 2.45) is 0 Å². The highest BCUT2D eigenvalue weighted by Crippen LogP contribution is 2.29. The maximum atomic E-state index is 13.4. The van der Waals surface area contributed by atoms with Crippen LogP contribution >= 0.6 is 0 Å². The van der Waals surface area contributed by atoms with Crippen molar-refractivity contribution in [3.63, 3.8) is 0 Å². The smallest absolute Gasteiger partial charge is 0.222 e. The lowest BCUT2D eigenvalue weighted by atomic mass is 9.89. The summed E-state index contributed by atoms with van der Waals surface area (Å²) in [7, 11) is 0. The summed E-state index contributed by atoms with van der Waals surface area (Å²) >= 11 is 0. The molecule has 1 saturated heterocycles. The first-order valence-electron chi connectivity index (χ1n) is 7.57. The Morgan fingerprint density at radius 1 is 1.33 bits per heavy atom. The molecule has 2 nitrogen and oxygen atoms in total. The topological polar surface area (TPSA) is 20.3 Å². The molecule has 0 N–H and O–H groups in total. The second-order valence-corrected chi connectivity index (χ2v) is 6.43. The molecule has 1 aliphatic rings. The third kappa shape index (κ3) is 4.80. The van der Waals surface area contributed by atoms with E-state index >= 15 is 0 Å². The van der Waals surface area contributed by atoms with Gasteiger partial charge >= 0.3 is 0 Å². The van der Waals surface area contributed by atoms with E-state index in [0.29, 0.717) is 19.0 Å². The second-order valence-electron chi connectivity index (χ2n) is 6.43. The van der Waals surface area contributed by atoms with Gasteiger partial charge in [0.15, 0.2) is 0 Å². The van der Waals surface area contributed by atoms with E-state index < -0.39 is 5.67 Å². The Morgan fingerprint density at radius 3 is 2.57 bits per heavy atom. The number of hydrogen-bond acceptors (Lipinski definition) is 1. The van der Waals surface area contributed by atoms with Crippen molar-refractivity contribution in [1.82, 2.24) is 4.90 Å². The van der Waals surface area contributed by atoms with Crippen LogP contribution in [0, 0.1) is 5.82 Å². The Kier molecular flexibility index (Phi) is 4.96. The van der Waals surface area contributed by atoms with Crippen molar-refractivity contribution >= 4 is 5.91 Å². The first kappa shape index (κ1) is 15.9. The molecule has 1 aromatic rings. The van der Waals surface area contributed by atoms with Crippen molar-refractivity contribution in [3.8, 4) is 0 Å². The van der Waals surface area contributed by atoms with Crippen LogP contribution in [-0.4, -0.2) is 29.6 Å². The summed E-state index contributed by atoms with van der Waals surface area (Å²) < 4.78 is 26.7. The lowest BCUT2D eigenvalue weighted by Crippen LogP contribution is -2.38. The molecule has 0 saturated carbocycles. The van der Waals surface area contributed by atoms with Crippen molar-refractivity contribution in [1.29, 1.82) is 0 Å². The third-order valence-electron chi connectivity index (χ3n) is 4.10. The van der Waals surface area contributed by atoms with E-state index in [1.165, 1.54) is 19.9 Å². The van der Waals surface area contributed by atoms with Crippen LogP contribution < -0.4 is 0 Å². The highest BCUT2D eigenvalue weighted by atomic mass is 19.1. The Labute approximate surface area is 125 Å². The number of halogens is 2. The van der Waals surface area contributed by atoms with Crippen LogP contribution in [0.3, 0.4) is 0 Å². The van der Waals surface area contributed by atoms with Gasteiger partial charge in [-0.2, -0.15) is 0 Å². The Morgan fingerprint density at radius 2 is 2.00 bits per heavy atom. The SMILES string of the molecule is CC(C)(F)CCC(=O)N1CCC(c2cccc(F)c2)CC1. The molecule has 0 aromatic heterocycles. The molecule has 21 heavy (non-hydrogen) atoms. The van der Waals surface area contributed by atoms with Crippen molar-refractivity contribution < 1.29 is 13.6 Å². The molecule has 0 aliphatic carbocycles. The van der Waals surface area contributed by atoms with Gasteiger partial charge in [-0.3, -0.25) is 4.79 Å². The maximum absolute atomic E-state index is 13.4. The monoisotopic (exact) mass is 295 g/mol. The van der Waals surface area contributed by atoms with Crippen LogP contribution in [0.2, 0.25) is 0 Å². The Balaban J connectivity index is 1.84. The van der Waals surface area contributed by atoms with Gasteiger partial charge in [0, 0.05) is 19.5 Å². The number of carbonyl (C=O) groups is 1. The number of nitrogens with zero attached hydrogens (tertiary/aromatic N) is 1. The summed E-state index contributed by atoms with van der Waals surface area (Å²) in [5.41, 5.74) is -0.290. The van der Waals surface area contributed by atoms with Gasteiger partial charge in [-0.15, -0.1) is 0 Å². The summed E-state index contributed by atoms with van der Waals surface area (Å²) in [6.45, 7) is 4.34. The molecular formula is C17H23F2NO. The quantitative estimate of drug-likeness (QED) is 0.820. The lowest BCUT2D eigenvalue weighted by Gasteiger charge is -2.32. The molecule has 1 fully saturated rings. The molecule has 0 radical (unpaired) electrons. The lowest BCUT2D eigenvalue weighted by molar-refractivity contribution is -0.133. The van der Waals surface area contributed by atoms with Crippen LogP contribution in [0.4, 0.5) is 8.78 Å². The molecular weight excluding hydrogens is 272 g/mol. The average Bonchev–Trinajstić information content (AvgIpc) is 2.44. The summed E-state index contributed by atoms with van der Waals surface area (Å²) in [4.78, 5) is 13.8. The molecule has 1 heterocycles. The second kappa shape index (κ2) is 6.54. The Bertz CT molecular complexity index is 488. The standard InChI is InChI=1S/C17H23F2NO/c1-17(2,19)9-6-16(21)20-10-7-13(8-11-20)14-4-3-5-15(18)12-14/h3-5,12-13H,6-11H2,1-2H3. The van der Waals surface area contributed by atoms with Gasteiger partial charge in [0.2, 0.25) is 5.91 Å². The summed E-state index contributed by atoms with van der Waals surface area (Å²) in [5, 5.41) is 0. The van der Waals surface area contributed by atoms with E-state index in [-0.39, 0.29) is 24.6 Å². The van der Waals surface area contributed by atoms with Gasteiger partial charge in [0.05, 0.1) is 0 Å². The van der Waals surface area contributed by atoms with Crippen LogP contribution in [0.15, 0.2) is 24.3 Å². The normalized spacial score (nSPS) is 17.0. The van der Waals surface area contributed by atoms with Crippen molar-refractivity contribution in [2.75, 3.05) is 13.1 Å². The minimum absolute atomic E-state index is 0.0263. The van der Waals surface area contributed by atoms with Crippen LogP contribution in [-0.2, 0) is 4.79 Å². The van der Waals surface area contributed by atoms with Gasteiger partial charge in [-0.1, -0.05) is 12.1 Å². The zero-order chi connectivity index (χ0) is 15.5. The number of hydrogen-bond donors (Lipinski definition) is 0. The number of carbonyl (C=O) groups excluding carboxylic acids is 1. The van der Waals surface area contributed by atoms with E-state index in [1.54, 1.807) is 12.1 Å². The molecule has 116 valence electrons. The fraction of sp³-hybridized carbons (Fsp3) is 0.588. The summed E-state index contributed by atoms with van der Waals surface area (Å²) in [6, 6.07) is 6.69. The van der Waals surface area contributed by atoms with Gasteiger partial charge in [0.25, 0.3) is 0 Å². The van der Waals surface area contributed by atoms with Crippen molar-refractivity contribution in [3.05, 3.63) is 35.6 Å². The summed E-state index contributed by atoms with van der Waals surface area (Å²) in [6.07, 6.45) is 2.20. The fourth-order valence-electron chi connectivity index (χ4n) is 2.79. The number of alkyl halides is 1. The van der Waals surface area contributed by atoms with E-state index in [1.807, 2.05) is 11.0 Å². The van der Waals surface area contributed by atoms with Gasteiger partial charge in [-0.05, 0) is 56.7 Å². The van der Waals surface area contributed by atoms with Crippen LogP contribution in [0.5, 0.6) is 0 Å². The molecule has 1 aromatic carbocycles. The average molecular weight is 295 g/mol. The van der Waals surface area contributed by atoms with E-state index in [9.17, 15) is 13.6 Å². The van der Waals surface area contributed by atoms with E-state index in [0.717, 1.165) is 18.4 Å².